The number of aromatic nitrogens is 2. The molecule has 2 heterocycles. The van der Waals surface area contributed by atoms with E-state index >= 15 is 0 Å². The number of piperidine rings is 1. The van der Waals surface area contributed by atoms with E-state index in [2.05, 4.69) is 27.2 Å². The fraction of sp³-hybridized carbons (Fsp3) is 0.545. The maximum atomic E-state index is 11.9. The van der Waals surface area contributed by atoms with Crippen molar-refractivity contribution in [1.29, 1.82) is 0 Å². The van der Waals surface area contributed by atoms with Crippen molar-refractivity contribution in [2.75, 3.05) is 20.1 Å². The fourth-order valence-corrected chi connectivity index (χ4v) is 2.01. The van der Waals surface area contributed by atoms with Crippen LogP contribution in [0, 0.1) is 0 Å². The first-order valence-corrected chi connectivity index (χ1v) is 6.00. The van der Waals surface area contributed by atoms with Crippen molar-refractivity contribution in [2.45, 2.75) is 18.9 Å². The molecule has 0 saturated carbocycles. The van der Waals surface area contributed by atoms with E-state index in [1.54, 1.807) is 0 Å². The first-order chi connectivity index (χ1) is 8.15. The van der Waals surface area contributed by atoms with Crippen LogP contribution in [0.3, 0.4) is 0 Å². The minimum absolute atomic E-state index is 0.199. The van der Waals surface area contributed by atoms with E-state index in [1.165, 1.54) is 12.4 Å². The predicted molar refractivity (Wildman–Crippen MR) is 65.0 cm³/mol. The highest BCUT2D eigenvalue weighted by molar-refractivity contribution is 6.29. The molecular formula is C11H15ClN4O. The van der Waals surface area contributed by atoms with E-state index in [-0.39, 0.29) is 22.8 Å². The van der Waals surface area contributed by atoms with Crippen LogP contribution in [-0.4, -0.2) is 47.0 Å². The molecule has 0 spiro atoms. The van der Waals surface area contributed by atoms with Crippen LogP contribution in [0.5, 0.6) is 0 Å². The van der Waals surface area contributed by atoms with E-state index < -0.39 is 0 Å². The monoisotopic (exact) mass is 254 g/mol. The normalized spacial score (nSPS) is 18.0. The lowest BCUT2D eigenvalue weighted by molar-refractivity contribution is 0.0911. The lowest BCUT2D eigenvalue weighted by Crippen LogP contribution is -2.43. The number of hydrogen-bond donors (Lipinski definition) is 1. The summed E-state index contributed by atoms with van der Waals surface area (Å²) in [6.45, 7) is 2.01. The van der Waals surface area contributed by atoms with Gasteiger partial charge in [0.2, 0.25) is 0 Å². The zero-order chi connectivity index (χ0) is 12.3. The molecule has 1 aliphatic rings. The Balaban J connectivity index is 1.93. The summed E-state index contributed by atoms with van der Waals surface area (Å²) in [4.78, 5) is 21.9. The molecule has 0 aromatic carbocycles. The van der Waals surface area contributed by atoms with Crippen LogP contribution in [0.25, 0.3) is 0 Å². The number of rotatable bonds is 2. The quantitative estimate of drug-likeness (QED) is 0.854. The number of likely N-dealkylation sites (tertiary alicyclic amines) is 1. The van der Waals surface area contributed by atoms with Crippen LogP contribution in [0.4, 0.5) is 0 Å². The summed E-state index contributed by atoms with van der Waals surface area (Å²) in [7, 11) is 2.08. The average Bonchev–Trinajstić information content (AvgIpc) is 2.32. The van der Waals surface area contributed by atoms with E-state index in [4.69, 9.17) is 11.6 Å². The molecule has 0 radical (unpaired) electrons. The third-order valence-electron chi connectivity index (χ3n) is 2.89. The van der Waals surface area contributed by atoms with Gasteiger partial charge in [-0.2, -0.15) is 0 Å². The van der Waals surface area contributed by atoms with Gasteiger partial charge in [0.15, 0.2) is 0 Å². The Morgan fingerprint density at radius 2 is 2.18 bits per heavy atom. The maximum Gasteiger partial charge on any atom is 0.271 e. The van der Waals surface area contributed by atoms with Crippen LogP contribution in [0.15, 0.2) is 12.4 Å². The van der Waals surface area contributed by atoms with Crippen LogP contribution >= 0.6 is 11.6 Å². The lowest BCUT2D eigenvalue weighted by Gasteiger charge is -2.29. The zero-order valence-electron chi connectivity index (χ0n) is 9.69. The summed E-state index contributed by atoms with van der Waals surface area (Å²) in [6.07, 6.45) is 4.77. The summed E-state index contributed by atoms with van der Waals surface area (Å²) in [5.74, 6) is -0.199. The van der Waals surface area contributed by atoms with Crippen LogP contribution < -0.4 is 5.32 Å². The van der Waals surface area contributed by atoms with Gasteiger partial charge in [0.25, 0.3) is 5.91 Å². The fourth-order valence-electron chi connectivity index (χ4n) is 1.86. The molecule has 1 amide bonds. The van der Waals surface area contributed by atoms with Crippen molar-refractivity contribution in [3.63, 3.8) is 0 Å². The van der Waals surface area contributed by atoms with E-state index in [1.807, 2.05) is 0 Å². The molecule has 5 nitrogen and oxygen atoms in total. The Morgan fingerprint density at radius 1 is 1.47 bits per heavy atom. The van der Waals surface area contributed by atoms with E-state index in [9.17, 15) is 4.79 Å². The van der Waals surface area contributed by atoms with Gasteiger partial charge in [0, 0.05) is 6.04 Å². The highest BCUT2D eigenvalue weighted by Gasteiger charge is 2.19. The topological polar surface area (TPSA) is 58.1 Å². The Labute approximate surface area is 105 Å². The largest absolute Gasteiger partial charge is 0.348 e. The van der Waals surface area contributed by atoms with Crippen LogP contribution in [0.1, 0.15) is 23.3 Å². The van der Waals surface area contributed by atoms with Gasteiger partial charge >= 0.3 is 0 Å². The van der Waals surface area contributed by atoms with Crippen molar-refractivity contribution in [1.82, 2.24) is 20.2 Å². The summed E-state index contributed by atoms with van der Waals surface area (Å²) >= 11 is 5.69. The molecule has 1 aliphatic heterocycles. The molecule has 0 atom stereocenters. The van der Waals surface area contributed by atoms with Gasteiger partial charge in [-0.05, 0) is 33.0 Å². The molecule has 1 aromatic heterocycles. The van der Waals surface area contributed by atoms with Gasteiger partial charge < -0.3 is 10.2 Å². The smallest absolute Gasteiger partial charge is 0.271 e. The molecular weight excluding hydrogens is 240 g/mol. The van der Waals surface area contributed by atoms with E-state index in [0.717, 1.165) is 25.9 Å². The highest BCUT2D eigenvalue weighted by Crippen LogP contribution is 2.09. The SMILES string of the molecule is CN1CCC(NC(=O)c2cncc(Cl)n2)CC1. The molecule has 1 saturated heterocycles. The van der Waals surface area contributed by atoms with Gasteiger partial charge in [0.05, 0.1) is 12.4 Å². The Bertz CT molecular complexity index is 404. The molecule has 6 heteroatoms. The summed E-state index contributed by atoms with van der Waals surface area (Å²) in [6, 6.07) is 0.222. The second kappa shape index (κ2) is 5.42. The summed E-state index contributed by atoms with van der Waals surface area (Å²) < 4.78 is 0. The average molecular weight is 255 g/mol. The third kappa shape index (κ3) is 3.38. The van der Waals surface area contributed by atoms with Crippen molar-refractivity contribution < 1.29 is 4.79 Å². The molecule has 92 valence electrons. The first-order valence-electron chi connectivity index (χ1n) is 5.62. The van der Waals surface area contributed by atoms with Gasteiger partial charge in [-0.15, -0.1) is 0 Å². The third-order valence-corrected chi connectivity index (χ3v) is 3.07. The van der Waals surface area contributed by atoms with E-state index in [0.29, 0.717) is 0 Å². The highest BCUT2D eigenvalue weighted by atomic mass is 35.5. The Kier molecular flexibility index (Phi) is 3.91. The number of amides is 1. The zero-order valence-corrected chi connectivity index (χ0v) is 10.4. The van der Waals surface area contributed by atoms with Crippen LogP contribution in [-0.2, 0) is 0 Å². The number of halogens is 1. The maximum absolute atomic E-state index is 11.9. The molecule has 1 fully saturated rings. The Hall–Kier alpha value is -1.20. The van der Waals surface area contributed by atoms with Crippen molar-refractivity contribution in [2.24, 2.45) is 0 Å². The number of nitrogens with one attached hydrogen (secondary N) is 1. The molecule has 17 heavy (non-hydrogen) atoms. The number of hydrogen-bond acceptors (Lipinski definition) is 4. The van der Waals surface area contributed by atoms with Crippen molar-refractivity contribution >= 4 is 17.5 Å². The van der Waals surface area contributed by atoms with Gasteiger partial charge in [-0.1, -0.05) is 11.6 Å². The molecule has 1 N–H and O–H groups in total. The second-order valence-corrected chi connectivity index (χ2v) is 4.67. The molecule has 0 bridgehead atoms. The molecule has 2 rings (SSSR count). The lowest BCUT2D eigenvalue weighted by atomic mass is 10.1. The van der Waals surface area contributed by atoms with Crippen molar-refractivity contribution in [3.8, 4) is 0 Å². The first kappa shape index (κ1) is 12.3. The minimum Gasteiger partial charge on any atom is -0.348 e. The molecule has 1 aromatic rings. The summed E-state index contributed by atoms with van der Waals surface area (Å²) in [5, 5.41) is 3.19. The minimum atomic E-state index is -0.199. The second-order valence-electron chi connectivity index (χ2n) is 4.28. The standard InChI is InChI=1S/C11H15ClN4O/c1-16-4-2-8(3-5-16)14-11(17)9-6-13-7-10(12)15-9/h6-8H,2-5H2,1H3,(H,14,17). The number of nitrogens with zero attached hydrogens (tertiary/aromatic N) is 3. The van der Waals surface area contributed by atoms with Gasteiger partial charge in [-0.3, -0.25) is 9.78 Å². The number of carbonyl (C=O) groups is 1. The molecule has 0 aliphatic carbocycles. The predicted octanol–water partition coefficient (Wildman–Crippen LogP) is 0.954. The van der Waals surface area contributed by atoms with Gasteiger partial charge in [-0.25, -0.2) is 4.98 Å². The van der Waals surface area contributed by atoms with Crippen LogP contribution in [0.2, 0.25) is 5.15 Å². The van der Waals surface area contributed by atoms with Crippen molar-refractivity contribution in [3.05, 3.63) is 23.2 Å². The Morgan fingerprint density at radius 3 is 2.82 bits per heavy atom. The summed E-state index contributed by atoms with van der Waals surface area (Å²) in [5.41, 5.74) is 0.274. The van der Waals surface area contributed by atoms with Gasteiger partial charge in [0.1, 0.15) is 10.8 Å². The molecule has 0 unspecified atom stereocenters. The number of carbonyl (C=O) groups excluding carboxylic acids is 1.